The number of likely N-dealkylation sites (tertiary alicyclic amines) is 1. The van der Waals surface area contributed by atoms with Crippen molar-refractivity contribution in [3.05, 3.63) is 73.3 Å². The van der Waals surface area contributed by atoms with Crippen LogP contribution in [0.2, 0.25) is 0 Å². The van der Waals surface area contributed by atoms with E-state index in [9.17, 15) is 5.11 Å². The van der Waals surface area contributed by atoms with Crippen LogP contribution in [0.1, 0.15) is 25.3 Å². The van der Waals surface area contributed by atoms with E-state index in [-0.39, 0.29) is 6.10 Å². The molecule has 6 rings (SSSR count). The molecule has 0 spiro atoms. The Hall–Kier alpha value is -3.29. The highest BCUT2D eigenvalue weighted by atomic mass is 16.3. The molecule has 1 N–H and O–H groups in total. The number of anilines is 1. The number of hydrogen-bond acceptors (Lipinski definition) is 6. The van der Waals surface area contributed by atoms with Gasteiger partial charge in [0.1, 0.15) is 12.1 Å². The number of β-amino-alcohol motifs (C(OH)–C–C–N with tert-alkyl or cyclic N) is 1. The molecule has 2 aliphatic rings. The minimum Gasteiger partial charge on any atom is -0.391 e. The molecule has 2 aromatic carbocycles. The van der Waals surface area contributed by atoms with Crippen LogP contribution >= 0.6 is 0 Å². The predicted octanol–water partition coefficient (Wildman–Crippen LogP) is 4.02. The number of aromatic nitrogens is 4. The summed E-state index contributed by atoms with van der Waals surface area (Å²) < 4.78 is 2.13. The SMILES string of the molecule is CN1CCC(n2cc(-c3ccc4c(N5CCC(O)C5)ncnc4c3)cn2)CC1.c1ccccc1. The lowest BCUT2D eigenvalue weighted by atomic mass is 10.1. The maximum absolute atomic E-state index is 9.85. The largest absolute Gasteiger partial charge is 0.391 e. The topological polar surface area (TPSA) is 70.3 Å². The standard InChI is InChI=1S/C21H26N6O.C6H6/c1-25-7-4-17(5-8-25)27-12-16(11-24-27)15-2-3-19-20(10-15)22-14-23-21(19)26-9-6-18(28)13-26;1-2-4-6-5-3-1/h2-3,10-12,14,17-18,28H,4-9,13H2,1H3;1-6H. The molecule has 0 bridgehead atoms. The summed E-state index contributed by atoms with van der Waals surface area (Å²) in [5.41, 5.74) is 3.17. The Balaban J connectivity index is 0.000000351. The van der Waals surface area contributed by atoms with Gasteiger partial charge in [0.2, 0.25) is 0 Å². The first kappa shape index (κ1) is 22.5. The molecule has 4 aromatic rings. The van der Waals surface area contributed by atoms with Crippen LogP contribution in [0, 0.1) is 0 Å². The van der Waals surface area contributed by atoms with Crippen molar-refractivity contribution in [2.75, 3.05) is 38.1 Å². The molecule has 0 amide bonds. The summed E-state index contributed by atoms with van der Waals surface area (Å²) in [6, 6.07) is 18.8. The second kappa shape index (κ2) is 10.3. The van der Waals surface area contributed by atoms with Gasteiger partial charge in [-0.15, -0.1) is 0 Å². The van der Waals surface area contributed by atoms with E-state index in [4.69, 9.17) is 0 Å². The number of aliphatic hydroxyl groups excluding tert-OH is 1. The second-order valence-electron chi connectivity index (χ2n) is 9.22. The third-order valence-electron chi connectivity index (χ3n) is 6.74. The van der Waals surface area contributed by atoms with Crippen molar-refractivity contribution in [3.8, 4) is 11.1 Å². The molecule has 4 heterocycles. The number of aliphatic hydroxyl groups is 1. The molecule has 0 aliphatic carbocycles. The third kappa shape index (κ3) is 5.11. The Labute approximate surface area is 200 Å². The van der Waals surface area contributed by atoms with Gasteiger partial charge in [-0.05, 0) is 57.1 Å². The van der Waals surface area contributed by atoms with E-state index >= 15 is 0 Å². The van der Waals surface area contributed by atoms with E-state index in [1.165, 1.54) is 0 Å². The van der Waals surface area contributed by atoms with Gasteiger partial charge in [0.25, 0.3) is 0 Å². The number of fused-ring (bicyclic) bond motifs is 1. The van der Waals surface area contributed by atoms with Gasteiger partial charge in [0.15, 0.2) is 0 Å². The summed E-state index contributed by atoms with van der Waals surface area (Å²) in [7, 11) is 2.18. The van der Waals surface area contributed by atoms with Crippen LogP contribution in [0.5, 0.6) is 0 Å². The fraction of sp³-hybridized carbons (Fsp3) is 0.370. The maximum atomic E-state index is 9.85. The van der Waals surface area contributed by atoms with Crippen LogP contribution in [-0.4, -0.2) is 69.1 Å². The number of benzene rings is 2. The van der Waals surface area contributed by atoms with Gasteiger partial charge in [-0.1, -0.05) is 42.5 Å². The minimum absolute atomic E-state index is 0.269. The molecule has 176 valence electrons. The van der Waals surface area contributed by atoms with Gasteiger partial charge < -0.3 is 14.9 Å². The second-order valence-corrected chi connectivity index (χ2v) is 9.22. The lowest BCUT2D eigenvalue weighted by molar-refractivity contribution is 0.198. The van der Waals surface area contributed by atoms with Crippen molar-refractivity contribution in [1.29, 1.82) is 0 Å². The van der Waals surface area contributed by atoms with Gasteiger partial charge in [-0.3, -0.25) is 4.68 Å². The van der Waals surface area contributed by atoms with Gasteiger partial charge in [0, 0.05) is 30.2 Å². The zero-order valence-corrected chi connectivity index (χ0v) is 19.7. The minimum atomic E-state index is -0.269. The smallest absolute Gasteiger partial charge is 0.139 e. The van der Waals surface area contributed by atoms with Crippen LogP contribution in [0.25, 0.3) is 22.0 Å². The van der Waals surface area contributed by atoms with E-state index < -0.39 is 0 Å². The number of nitrogens with zero attached hydrogens (tertiary/aromatic N) is 6. The molecule has 2 saturated heterocycles. The van der Waals surface area contributed by atoms with E-state index in [0.717, 1.165) is 66.7 Å². The zero-order valence-electron chi connectivity index (χ0n) is 19.7. The first-order chi connectivity index (χ1) is 16.7. The monoisotopic (exact) mass is 456 g/mol. The number of rotatable bonds is 3. The van der Waals surface area contributed by atoms with E-state index in [1.807, 2.05) is 42.6 Å². The van der Waals surface area contributed by atoms with Gasteiger partial charge >= 0.3 is 0 Å². The molecule has 1 atom stereocenters. The fourth-order valence-corrected chi connectivity index (χ4v) is 4.74. The van der Waals surface area contributed by atoms with Gasteiger partial charge in [-0.2, -0.15) is 5.10 Å². The van der Waals surface area contributed by atoms with Crippen LogP contribution in [-0.2, 0) is 0 Å². The summed E-state index contributed by atoms with van der Waals surface area (Å²) in [6.07, 6.45) is 8.55. The van der Waals surface area contributed by atoms with Crippen molar-refractivity contribution >= 4 is 16.7 Å². The van der Waals surface area contributed by atoms with Crippen molar-refractivity contribution in [1.82, 2.24) is 24.6 Å². The van der Waals surface area contributed by atoms with E-state index in [2.05, 4.69) is 61.0 Å². The van der Waals surface area contributed by atoms with Gasteiger partial charge in [0.05, 0.1) is 23.9 Å². The molecule has 1 unspecified atom stereocenters. The average molecular weight is 457 g/mol. The van der Waals surface area contributed by atoms with Crippen LogP contribution in [0.3, 0.4) is 0 Å². The van der Waals surface area contributed by atoms with Crippen molar-refractivity contribution < 1.29 is 5.11 Å². The molecular formula is C27H32N6O. The molecule has 0 radical (unpaired) electrons. The Bertz CT molecular complexity index is 1180. The van der Waals surface area contributed by atoms with Crippen LogP contribution < -0.4 is 4.90 Å². The fourth-order valence-electron chi connectivity index (χ4n) is 4.74. The summed E-state index contributed by atoms with van der Waals surface area (Å²) in [5, 5.41) is 15.5. The van der Waals surface area contributed by atoms with Crippen molar-refractivity contribution in [3.63, 3.8) is 0 Å². The van der Waals surface area contributed by atoms with E-state index in [0.29, 0.717) is 12.6 Å². The van der Waals surface area contributed by atoms with Crippen LogP contribution in [0.4, 0.5) is 5.82 Å². The summed E-state index contributed by atoms with van der Waals surface area (Å²) in [5.74, 6) is 0.912. The number of hydrogen-bond donors (Lipinski definition) is 1. The quantitative estimate of drug-likeness (QED) is 0.502. The average Bonchev–Trinajstić information content (AvgIpc) is 3.55. The highest BCUT2D eigenvalue weighted by Gasteiger charge is 2.23. The van der Waals surface area contributed by atoms with Crippen molar-refractivity contribution in [2.24, 2.45) is 0 Å². The Morgan fingerprint density at radius 2 is 1.62 bits per heavy atom. The lowest BCUT2D eigenvalue weighted by Gasteiger charge is -2.28. The predicted molar refractivity (Wildman–Crippen MR) is 136 cm³/mol. The molecule has 7 nitrogen and oxygen atoms in total. The summed E-state index contributed by atoms with van der Waals surface area (Å²) in [6.45, 7) is 3.72. The molecule has 2 aromatic heterocycles. The van der Waals surface area contributed by atoms with Gasteiger partial charge in [-0.25, -0.2) is 9.97 Å². The first-order valence-corrected chi connectivity index (χ1v) is 12.1. The molecule has 0 saturated carbocycles. The molecular weight excluding hydrogens is 424 g/mol. The highest BCUT2D eigenvalue weighted by molar-refractivity contribution is 5.92. The molecule has 34 heavy (non-hydrogen) atoms. The normalized spacial score (nSPS) is 19.2. The summed E-state index contributed by atoms with van der Waals surface area (Å²) in [4.78, 5) is 13.5. The highest BCUT2D eigenvalue weighted by Crippen LogP contribution is 2.30. The summed E-state index contributed by atoms with van der Waals surface area (Å²) >= 11 is 0. The Morgan fingerprint density at radius 3 is 2.29 bits per heavy atom. The zero-order chi connectivity index (χ0) is 23.3. The van der Waals surface area contributed by atoms with Crippen molar-refractivity contribution in [2.45, 2.75) is 31.4 Å². The first-order valence-electron chi connectivity index (χ1n) is 12.1. The maximum Gasteiger partial charge on any atom is 0.139 e. The third-order valence-corrected chi connectivity index (χ3v) is 6.74. The van der Waals surface area contributed by atoms with E-state index in [1.54, 1.807) is 6.33 Å². The van der Waals surface area contributed by atoms with Crippen LogP contribution in [0.15, 0.2) is 73.3 Å². The molecule has 7 heteroatoms. The Kier molecular flexibility index (Phi) is 6.83. The Morgan fingerprint density at radius 1 is 0.882 bits per heavy atom. The lowest BCUT2D eigenvalue weighted by Crippen LogP contribution is -2.31. The number of piperidine rings is 1. The molecule has 2 fully saturated rings. The molecule has 2 aliphatic heterocycles.